The molecule has 2 rings (SSSR count). The minimum Gasteiger partial charge on any atom is -0.489 e. The normalized spacial score (nSPS) is 11.7. The number of hydrogen-bond acceptors (Lipinski definition) is 5. The Labute approximate surface area is 162 Å². The van der Waals surface area contributed by atoms with Crippen molar-refractivity contribution in [2.24, 2.45) is 5.92 Å². The largest absolute Gasteiger partial charge is 0.489 e. The Balaban J connectivity index is 1.87. The fourth-order valence-corrected chi connectivity index (χ4v) is 2.51. The summed E-state index contributed by atoms with van der Waals surface area (Å²) in [6.45, 7) is 3.49. The average molecular weight is 388 g/mol. The Morgan fingerprint density at radius 3 is 2.50 bits per heavy atom. The van der Waals surface area contributed by atoms with Crippen molar-refractivity contribution in [3.05, 3.63) is 54.0 Å². The minimum absolute atomic E-state index is 0.0423. The molecule has 0 unspecified atom stereocenters. The molecule has 0 aliphatic carbocycles. The van der Waals surface area contributed by atoms with E-state index >= 15 is 0 Å². The van der Waals surface area contributed by atoms with Gasteiger partial charge in [-0.2, -0.15) is 0 Å². The summed E-state index contributed by atoms with van der Waals surface area (Å²) in [5, 5.41) is 14.0. The van der Waals surface area contributed by atoms with Gasteiger partial charge in [-0.15, -0.1) is 0 Å². The molecule has 3 N–H and O–H groups in total. The van der Waals surface area contributed by atoms with Gasteiger partial charge in [0.1, 0.15) is 18.4 Å². The Kier molecular flexibility index (Phi) is 7.62. The first-order valence-corrected chi connectivity index (χ1v) is 8.91. The SMILES string of the molecule is CC(C)C[C@H](NC(=O)CNC(=O)c1occc1COc1ccccc1)C(=O)O. The highest BCUT2D eigenvalue weighted by Gasteiger charge is 2.22. The second-order valence-electron chi connectivity index (χ2n) is 6.65. The van der Waals surface area contributed by atoms with Gasteiger partial charge in [-0.05, 0) is 30.5 Å². The number of para-hydroxylation sites is 1. The number of amides is 2. The molecule has 0 fully saturated rings. The monoisotopic (exact) mass is 388 g/mol. The summed E-state index contributed by atoms with van der Waals surface area (Å²) < 4.78 is 10.8. The zero-order chi connectivity index (χ0) is 20.5. The van der Waals surface area contributed by atoms with Gasteiger partial charge in [-0.25, -0.2) is 4.79 Å². The van der Waals surface area contributed by atoms with Crippen LogP contribution in [0, 0.1) is 5.92 Å². The molecule has 0 spiro atoms. The molecule has 0 saturated carbocycles. The number of ether oxygens (including phenoxy) is 1. The van der Waals surface area contributed by atoms with Crippen LogP contribution >= 0.6 is 0 Å². The second kappa shape index (κ2) is 10.1. The van der Waals surface area contributed by atoms with Crippen molar-refractivity contribution in [1.29, 1.82) is 0 Å². The molecule has 0 saturated heterocycles. The third-order valence-electron chi connectivity index (χ3n) is 3.84. The Morgan fingerprint density at radius 2 is 1.86 bits per heavy atom. The van der Waals surface area contributed by atoms with Crippen LogP contribution in [0.3, 0.4) is 0 Å². The summed E-state index contributed by atoms with van der Waals surface area (Å²) in [6, 6.07) is 9.73. The second-order valence-corrected chi connectivity index (χ2v) is 6.65. The quantitative estimate of drug-likeness (QED) is 0.574. The van der Waals surface area contributed by atoms with Crippen molar-refractivity contribution in [2.75, 3.05) is 6.54 Å². The molecule has 0 radical (unpaired) electrons. The summed E-state index contributed by atoms with van der Waals surface area (Å²) in [5.41, 5.74) is 0.532. The molecule has 1 atom stereocenters. The summed E-state index contributed by atoms with van der Waals surface area (Å²) in [5.74, 6) is -1.48. The fourth-order valence-electron chi connectivity index (χ4n) is 2.51. The molecular weight excluding hydrogens is 364 g/mol. The Hall–Kier alpha value is -3.29. The first kappa shape index (κ1) is 21.0. The van der Waals surface area contributed by atoms with E-state index in [0.717, 1.165) is 0 Å². The van der Waals surface area contributed by atoms with Crippen LogP contribution in [-0.4, -0.2) is 35.5 Å². The number of carboxylic acid groups (broad SMARTS) is 1. The molecule has 150 valence electrons. The number of carbonyl (C=O) groups is 3. The smallest absolute Gasteiger partial charge is 0.326 e. The van der Waals surface area contributed by atoms with E-state index < -0.39 is 23.8 Å². The summed E-state index contributed by atoms with van der Waals surface area (Å²) in [7, 11) is 0. The summed E-state index contributed by atoms with van der Waals surface area (Å²) in [6.07, 6.45) is 1.66. The number of rotatable bonds is 10. The van der Waals surface area contributed by atoms with Crippen molar-refractivity contribution >= 4 is 17.8 Å². The molecule has 0 aliphatic heterocycles. The number of aliphatic carboxylic acids is 1. The predicted molar refractivity (Wildman–Crippen MR) is 101 cm³/mol. The van der Waals surface area contributed by atoms with E-state index in [0.29, 0.717) is 17.7 Å². The third-order valence-corrected chi connectivity index (χ3v) is 3.84. The van der Waals surface area contributed by atoms with E-state index in [2.05, 4.69) is 10.6 Å². The summed E-state index contributed by atoms with van der Waals surface area (Å²) in [4.78, 5) is 35.4. The Bertz CT molecular complexity index is 800. The van der Waals surface area contributed by atoms with Gasteiger partial charge in [-0.1, -0.05) is 32.0 Å². The molecule has 0 bridgehead atoms. The van der Waals surface area contributed by atoms with Crippen LogP contribution in [0.4, 0.5) is 0 Å². The maximum Gasteiger partial charge on any atom is 0.326 e. The lowest BCUT2D eigenvalue weighted by Crippen LogP contribution is -2.46. The standard InChI is InChI=1S/C20H24N2O6/c1-13(2)10-16(20(25)26)22-17(23)11-21-19(24)18-14(8-9-27-18)12-28-15-6-4-3-5-7-15/h3-9,13,16H,10-12H2,1-2H3,(H,21,24)(H,22,23)(H,25,26)/t16-/m0/s1. The molecule has 8 heteroatoms. The van der Waals surface area contributed by atoms with E-state index in [1.807, 2.05) is 32.0 Å². The van der Waals surface area contributed by atoms with Crippen LogP contribution in [0.15, 0.2) is 47.1 Å². The molecule has 1 aromatic carbocycles. The summed E-state index contributed by atoms with van der Waals surface area (Å²) >= 11 is 0. The topological polar surface area (TPSA) is 118 Å². The number of carboxylic acids is 1. The first-order valence-electron chi connectivity index (χ1n) is 8.91. The van der Waals surface area contributed by atoms with E-state index in [-0.39, 0.29) is 24.8 Å². The highest BCUT2D eigenvalue weighted by molar-refractivity contribution is 5.95. The van der Waals surface area contributed by atoms with Crippen molar-refractivity contribution in [1.82, 2.24) is 10.6 Å². The zero-order valence-electron chi connectivity index (χ0n) is 15.8. The maximum absolute atomic E-state index is 12.3. The van der Waals surface area contributed by atoms with E-state index in [1.54, 1.807) is 18.2 Å². The fraction of sp³-hybridized carbons (Fsp3) is 0.350. The highest BCUT2D eigenvalue weighted by Crippen LogP contribution is 2.15. The van der Waals surface area contributed by atoms with Crippen LogP contribution in [0.2, 0.25) is 0 Å². The average Bonchev–Trinajstić information content (AvgIpc) is 3.13. The molecule has 28 heavy (non-hydrogen) atoms. The maximum atomic E-state index is 12.3. The predicted octanol–water partition coefficient (Wildman–Crippen LogP) is 2.20. The number of hydrogen-bond donors (Lipinski definition) is 3. The lowest BCUT2D eigenvalue weighted by molar-refractivity contribution is -0.142. The van der Waals surface area contributed by atoms with Crippen molar-refractivity contribution in [3.63, 3.8) is 0 Å². The van der Waals surface area contributed by atoms with Crippen LogP contribution in [0.5, 0.6) is 5.75 Å². The van der Waals surface area contributed by atoms with E-state index in [1.165, 1.54) is 6.26 Å². The molecule has 2 amide bonds. The number of nitrogens with one attached hydrogen (secondary N) is 2. The first-order chi connectivity index (χ1) is 13.4. The van der Waals surface area contributed by atoms with Gasteiger partial charge in [0.05, 0.1) is 12.8 Å². The van der Waals surface area contributed by atoms with Crippen LogP contribution in [-0.2, 0) is 16.2 Å². The van der Waals surface area contributed by atoms with E-state index in [4.69, 9.17) is 14.3 Å². The highest BCUT2D eigenvalue weighted by atomic mass is 16.5. The molecule has 1 heterocycles. The minimum atomic E-state index is -1.11. The van der Waals surface area contributed by atoms with Crippen molar-refractivity contribution in [3.8, 4) is 5.75 Å². The van der Waals surface area contributed by atoms with Crippen LogP contribution in [0.1, 0.15) is 36.4 Å². The van der Waals surface area contributed by atoms with Gasteiger partial charge in [0, 0.05) is 5.56 Å². The molecule has 8 nitrogen and oxygen atoms in total. The van der Waals surface area contributed by atoms with Crippen LogP contribution < -0.4 is 15.4 Å². The van der Waals surface area contributed by atoms with Gasteiger partial charge in [0.2, 0.25) is 5.91 Å². The van der Waals surface area contributed by atoms with E-state index in [9.17, 15) is 14.4 Å². The number of benzene rings is 1. The van der Waals surface area contributed by atoms with Gasteiger partial charge >= 0.3 is 5.97 Å². The lowest BCUT2D eigenvalue weighted by atomic mass is 10.0. The lowest BCUT2D eigenvalue weighted by Gasteiger charge is -2.16. The zero-order valence-corrected chi connectivity index (χ0v) is 15.8. The van der Waals surface area contributed by atoms with Crippen molar-refractivity contribution in [2.45, 2.75) is 32.9 Å². The molecule has 1 aromatic heterocycles. The van der Waals surface area contributed by atoms with Gasteiger partial charge < -0.3 is 24.9 Å². The third kappa shape index (κ3) is 6.46. The number of carbonyl (C=O) groups excluding carboxylic acids is 2. The van der Waals surface area contributed by atoms with Crippen molar-refractivity contribution < 1.29 is 28.6 Å². The number of furan rings is 1. The molecule has 0 aliphatic rings. The van der Waals surface area contributed by atoms with Gasteiger partial charge in [-0.3, -0.25) is 9.59 Å². The molecular formula is C20H24N2O6. The van der Waals surface area contributed by atoms with Gasteiger partial charge in [0.25, 0.3) is 5.91 Å². The van der Waals surface area contributed by atoms with Crippen LogP contribution in [0.25, 0.3) is 0 Å². The Morgan fingerprint density at radius 1 is 1.14 bits per heavy atom. The molecule has 2 aromatic rings. The van der Waals surface area contributed by atoms with Gasteiger partial charge in [0.15, 0.2) is 5.76 Å².